The summed E-state index contributed by atoms with van der Waals surface area (Å²) < 4.78 is 20.2. The van der Waals surface area contributed by atoms with Crippen molar-refractivity contribution in [2.24, 2.45) is 7.05 Å². The zero-order valence-electron chi connectivity index (χ0n) is 19.2. The number of fused-ring (bicyclic) bond motifs is 4. The van der Waals surface area contributed by atoms with Crippen molar-refractivity contribution in [2.45, 2.75) is 38.3 Å². The van der Waals surface area contributed by atoms with Crippen LogP contribution in [0.2, 0.25) is 0 Å². The Morgan fingerprint density at radius 2 is 1.79 bits per heavy atom. The Labute approximate surface area is 191 Å². The average Bonchev–Trinajstić information content (AvgIpc) is 2.82. The van der Waals surface area contributed by atoms with Gasteiger partial charge in [0.2, 0.25) is 5.43 Å². The van der Waals surface area contributed by atoms with Crippen molar-refractivity contribution in [3.05, 3.63) is 82.0 Å². The molecule has 1 N–H and O–H groups in total. The predicted octanol–water partition coefficient (Wildman–Crippen LogP) is 4.49. The van der Waals surface area contributed by atoms with Crippen molar-refractivity contribution >= 4 is 21.8 Å². The van der Waals surface area contributed by atoms with Crippen molar-refractivity contribution in [2.75, 3.05) is 7.11 Å². The molecule has 0 saturated carbocycles. The molecule has 170 valence electrons. The number of aryl methyl sites for hydroxylation is 1. The largest absolute Gasteiger partial charge is 0.496 e. The quantitative estimate of drug-likeness (QED) is 0.469. The maximum absolute atomic E-state index is 13.6. The van der Waals surface area contributed by atoms with Crippen LogP contribution in [0.1, 0.15) is 31.1 Å². The Hall–Kier alpha value is -3.35. The topological polar surface area (TPSA) is 69.9 Å². The van der Waals surface area contributed by atoms with Gasteiger partial charge in [-0.05, 0) is 31.5 Å². The van der Waals surface area contributed by atoms with Crippen LogP contribution >= 0.6 is 0 Å². The number of methoxy groups -OCH3 is 1. The lowest BCUT2D eigenvalue weighted by Gasteiger charge is -2.42. The SMILES string of the molecule is COc1cc2c(c3c1c(=O)c1ccccc1n3C)[C@H](OCc1ccccc1)[C@@H](O)C(C)(C)O2. The highest BCUT2D eigenvalue weighted by Crippen LogP contribution is 2.48. The van der Waals surface area contributed by atoms with Gasteiger partial charge in [0.1, 0.15) is 29.3 Å². The highest BCUT2D eigenvalue weighted by Gasteiger charge is 2.45. The summed E-state index contributed by atoms with van der Waals surface area (Å²) in [6.07, 6.45) is -1.66. The first-order valence-electron chi connectivity index (χ1n) is 11.0. The smallest absolute Gasteiger partial charge is 0.200 e. The van der Waals surface area contributed by atoms with E-state index in [9.17, 15) is 9.90 Å². The monoisotopic (exact) mass is 445 g/mol. The summed E-state index contributed by atoms with van der Waals surface area (Å²) in [6.45, 7) is 3.97. The lowest BCUT2D eigenvalue weighted by atomic mass is 9.86. The summed E-state index contributed by atoms with van der Waals surface area (Å²) in [6, 6.07) is 19.0. The third kappa shape index (κ3) is 3.37. The molecule has 4 aromatic rings. The minimum absolute atomic E-state index is 0.125. The third-order valence-electron chi connectivity index (χ3n) is 6.49. The van der Waals surface area contributed by atoms with Crippen molar-refractivity contribution < 1.29 is 19.3 Å². The van der Waals surface area contributed by atoms with Gasteiger partial charge in [-0.3, -0.25) is 4.79 Å². The van der Waals surface area contributed by atoms with Crippen LogP contribution in [0.25, 0.3) is 21.8 Å². The summed E-state index contributed by atoms with van der Waals surface area (Å²) >= 11 is 0. The number of nitrogens with zero attached hydrogens (tertiary/aromatic N) is 1. The molecule has 6 nitrogen and oxygen atoms in total. The van der Waals surface area contributed by atoms with Crippen LogP contribution in [-0.4, -0.2) is 28.5 Å². The van der Waals surface area contributed by atoms with Gasteiger partial charge in [0.05, 0.1) is 35.7 Å². The number of pyridine rings is 1. The molecule has 0 spiro atoms. The van der Waals surface area contributed by atoms with E-state index in [0.29, 0.717) is 40.0 Å². The van der Waals surface area contributed by atoms with E-state index in [2.05, 4.69) is 0 Å². The van der Waals surface area contributed by atoms with Crippen LogP contribution in [0.4, 0.5) is 0 Å². The number of aliphatic hydroxyl groups is 1. The molecule has 1 aromatic heterocycles. The summed E-state index contributed by atoms with van der Waals surface area (Å²) in [4.78, 5) is 13.6. The molecule has 0 aliphatic carbocycles. The van der Waals surface area contributed by atoms with Gasteiger partial charge in [0.25, 0.3) is 0 Å². The second-order valence-electron chi connectivity index (χ2n) is 8.99. The van der Waals surface area contributed by atoms with Crippen LogP contribution in [0.15, 0.2) is 65.5 Å². The first-order valence-corrected chi connectivity index (χ1v) is 11.0. The fourth-order valence-corrected chi connectivity index (χ4v) is 4.74. The van der Waals surface area contributed by atoms with E-state index in [1.807, 2.05) is 80.1 Å². The molecule has 33 heavy (non-hydrogen) atoms. The molecule has 0 bridgehead atoms. The minimum atomic E-state index is -0.952. The van der Waals surface area contributed by atoms with Crippen LogP contribution < -0.4 is 14.9 Å². The van der Waals surface area contributed by atoms with Crippen molar-refractivity contribution in [3.63, 3.8) is 0 Å². The molecule has 3 aromatic carbocycles. The van der Waals surface area contributed by atoms with E-state index in [4.69, 9.17) is 14.2 Å². The van der Waals surface area contributed by atoms with E-state index in [1.165, 1.54) is 0 Å². The number of hydrogen-bond donors (Lipinski definition) is 1. The van der Waals surface area contributed by atoms with Crippen LogP contribution in [0.3, 0.4) is 0 Å². The zero-order chi connectivity index (χ0) is 23.3. The molecule has 0 saturated heterocycles. The lowest BCUT2D eigenvalue weighted by Crippen LogP contribution is -2.49. The maximum atomic E-state index is 13.6. The normalized spacial score (nSPS) is 19.3. The van der Waals surface area contributed by atoms with Gasteiger partial charge >= 0.3 is 0 Å². The third-order valence-corrected chi connectivity index (χ3v) is 6.49. The van der Waals surface area contributed by atoms with Gasteiger partial charge in [-0.2, -0.15) is 0 Å². The number of hydrogen-bond acceptors (Lipinski definition) is 5. The Balaban J connectivity index is 1.81. The summed E-state index contributed by atoms with van der Waals surface area (Å²) in [5.74, 6) is 0.974. The molecule has 1 aliphatic rings. The lowest BCUT2D eigenvalue weighted by molar-refractivity contribution is -0.138. The van der Waals surface area contributed by atoms with Gasteiger partial charge in [0.15, 0.2) is 0 Å². The highest BCUT2D eigenvalue weighted by molar-refractivity contribution is 5.99. The summed E-state index contributed by atoms with van der Waals surface area (Å²) in [7, 11) is 3.45. The maximum Gasteiger partial charge on any atom is 0.200 e. The van der Waals surface area contributed by atoms with Crippen molar-refractivity contribution in [1.82, 2.24) is 4.57 Å². The minimum Gasteiger partial charge on any atom is -0.496 e. The average molecular weight is 446 g/mol. The van der Waals surface area contributed by atoms with Crippen molar-refractivity contribution in [3.8, 4) is 11.5 Å². The van der Waals surface area contributed by atoms with E-state index in [1.54, 1.807) is 13.2 Å². The second kappa shape index (κ2) is 7.90. The number of rotatable bonds is 4. The molecule has 2 heterocycles. The number of para-hydroxylation sites is 1. The van der Waals surface area contributed by atoms with E-state index >= 15 is 0 Å². The standard InChI is InChI=1S/C27H27NO5/c1-27(2)26(30)25(32-15-16-10-6-5-7-11-16)22-20(33-27)14-19(31-4)21-23(22)28(3)18-13-9-8-12-17(18)24(21)29/h5-14,25-26,30H,15H2,1-4H3/t25-,26+/m0/s1. The molecule has 0 amide bonds. The Kier molecular flexibility index (Phi) is 5.15. The molecular formula is C27H27NO5. The predicted molar refractivity (Wildman–Crippen MR) is 128 cm³/mol. The fraction of sp³-hybridized carbons (Fsp3) is 0.296. The molecule has 6 heteroatoms. The highest BCUT2D eigenvalue weighted by atomic mass is 16.5. The number of ether oxygens (including phenoxy) is 3. The van der Waals surface area contributed by atoms with E-state index < -0.39 is 17.8 Å². The van der Waals surface area contributed by atoms with Gasteiger partial charge in [-0.15, -0.1) is 0 Å². The molecule has 5 rings (SSSR count). The molecule has 0 radical (unpaired) electrons. The van der Waals surface area contributed by atoms with Gasteiger partial charge in [0, 0.05) is 18.5 Å². The van der Waals surface area contributed by atoms with Gasteiger partial charge in [-0.25, -0.2) is 0 Å². The Morgan fingerprint density at radius 3 is 2.52 bits per heavy atom. The van der Waals surface area contributed by atoms with E-state index in [0.717, 1.165) is 11.1 Å². The van der Waals surface area contributed by atoms with Gasteiger partial charge in [-0.1, -0.05) is 42.5 Å². The Bertz CT molecular complexity index is 1410. The second-order valence-corrected chi connectivity index (χ2v) is 8.99. The van der Waals surface area contributed by atoms with Crippen LogP contribution in [-0.2, 0) is 18.4 Å². The molecule has 0 unspecified atom stereocenters. The first kappa shape index (κ1) is 21.5. The summed E-state index contributed by atoms with van der Waals surface area (Å²) in [5.41, 5.74) is 2.04. The fourth-order valence-electron chi connectivity index (χ4n) is 4.74. The van der Waals surface area contributed by atoms with Gasteiger partial charge < -0.3 is 23.9 Å². The molecule has 2 atom stereocenters. The molecule has 1 aliphatic heterocycles. The summed E-state index contributed by atoms with van der Waals surface area (Å²) in [5, 5.41) is 12.4. The van der Waals surface area contributed by atoms with Crippen molar-refractivity contribution in [1.29, 1.82) is 0 Å². The van der Waals surface area contributed by atoms with Crippen LogP contribution in [0.5, 0.6) is 11.5 Å². The first-order chi connectivity index (χ1) is 15.8. The molecular weight excluding hydrogens is 418 g/mol. The zero-order valence-corrected chi connectivity index (χ0v) is 19.2. The molecule has 0 fully saturated rings. The number of aromatic nitrogens is 1. The van der Waals surface area contributed by atoms with Crippen LogP contribution in [0, 0.1) is 0 Å². The van der Waals surface area contributed by atoms with E-state index in [-0.39, 0.29) is 5.43 Å². The number of benzene rings is 3. The number of aliphatic hydroxyl groups excluding tert-OH is 1. The Morgan fingerprint density at radius 1 is 1.09 bits per heavy atom.